The molecule has 0 aliphatic carbocycles. The van der Waals surface area contributed by atoms with Crippen LogP contribution in [0.15, 0.2) is 60.9 Å². The Hall–Kier alpha value is -3.34. The molecule has 0 unspecified atom stereocenters. The second-order valence-corrected chi connectivity index (χ2v) is 6.39. The van der Waals surface area contributed by atoms with Crippen molar-refractivity contribution < 1.29 is 14.3 Å². The lowest BCUT2D eigenvalue weighted by atomic mass is 9.97. The molecule has 1 aliphatic rings. The lowest BCUT2D eigenvalue weighted by Crippen LogP contribution is -2.25. The van der Waals surface area contributed by atoms with E-state index in [1.54, 1.807) is 19.4 Å². The summed E-state index contributed by atoms with van der Waals surface area (Å²) in [6, 6.07) is 15.4. The topological polar surface area (TPSA) is 60.5 Å². The van der Waals surface area contributed by atoms with Crippen LogP contribution in [0.5, 0.6) is 11.5 Å². The third-order valence-electron chi connectivity index (χ3n) is 4.68. The molecular formula is C22H20N2O3. The first-order valence-corrected chi connectivity index (χ1v) is 8.86. The monoisotopic (exact) mass is 360 g/mol. The van der Waals surface area contributed by atoms with Crippen molar-refractivity contribution in [1.82, 2.24) is 10.3 Å². The van der Waals surface area contributed by atoms with Crippen molar-refractivity contribution in [2.45, 2.75) is 13.0 Å². The number of methoxy groups -OCH3 is 1. The third kappa shape index (κ3) is 3.62. The standard InChI is InChI=1S/C22H20N2O3/c1-26-18-5-2-15(3-6-18)8-11-24-22(25)16-4-7-20-19-9-10-23-13-17(19)14-27-21(20)12-16/h2-7,9-10,12-13H,8,11,14H2,1H3,(H,24,25). The Morgan fingerprint density at radius 2 is 2.00 bits per heavy atom. The molecule has 1 N–H and O–H groups in total. The van der Waals surface area contributed by atoms with Crippen molar-refractivity contribution in [3.63, 3.8) is 0 Å². The molecule has 3 aromatic rings. The third-order valence-corrected chi connectivity index (χ3v) is 4.68. The second kappa shape index (κ2) is 7.50. The first-order chi connectivity index (χ1) is 13.2. The average molecular weight is 360 g/mol. The number of fused-ring (bicyclic) bond motifs is 3. The Morgan fingerprint density at radius 1 is 1.15 bits per heavy atom. The van der Waals surface area contributed by atoms with Crippen LogP contribution in [-0.2, 0) is 13.0 Å². The van der Waals surface area contributed by atoms with E-state index in [1.807, 2.05) is 48.7 Å². The lowest BCUT2D eigenvalue weighted by molar-refractivity contribution is 0.0953. The number of benzene rings is 2. The van der Waals surface area contributed by atoms with Crippen LogP contribution in [0.2, 0.25) is 0 Å². The van der Waals surface area contributed by atoms with E-state index in [4.69, 9.17) is 9.47 Å². The predicted octanol–water partition coefficient (Wildman–Crippen LogP) is 3.62. The molecule has 0 radical (unpaired) electrons. The number of ether oxygens (including phenoxy) is 2. The highest BCUT2D eigenvalue weighted by molar-refractivity contribution is 5.95. The molecule has 1 amide bonds. The van der Waals surface area contributed by atoms with E-state index < -0.39 is 0 Å². The van der Waals surface area contributed by atoms with Gasteiger partial charge in [-0.3, -0.25) is 9.78 Å². The van der Waals surface area contributed by atoms with Gasteiger partial charge in [0, 0.05) is 35.6 Å². The minimum atomic E-state index is -0.101. The number of rotatable bonds is 5. The predicted molar refractivity (Wildman–Crippen MR) is 103 cm³/mol. The van der Waals surface area contributed by atoms with E-state index in [-0.39, 0.29) is 5.91 Å². The zero-order valence-electron chi connectivity index (χ0n) is 15.1. The Bertz CT molecular complexity index is 968. The molecule has 0 bridgehead atoms. The Morgan fingerprint density at radius 3 is 2.81 bits per heavy atom. The average Bonchev–Trinajstić information content (AvgIpc) is 2.73. The smallest absolute Gasteiger partial charge is 0.251 e. The number of amides is 1. The molecule has 2 aromatic carbocycles. The molecule has 4 rings (SSSR count). The molecule has 0 spiro atoms. The highest BCUT2D eigenvalue weighted by Gasteiger charge is 2.18. The summed E-state index contributed by atoms with van der Waals surface area (Å²) in [5.74, 6) is 1.46. The van der Waals surface area contributed by atoms with Gasteiger partial charge in [-0.25, -0.2) is 0 Å². The van der Waals surface area contributed by atoms with Gasteiger partial charge in [0.2, 0.25) is 0 Å². The maximum atomic E-state index is 12.5. The maximum Gasteiger partial charge on any atom is 0.251 e. The minimum Gasteiger partial charge on any atom is -0.497 e. The van der Waals surface area contributed by atoms with Crippen LogP contribution >= 0.6 is 0 Å². The van der Waals surface area contributed by atoms with Crippen molar-refractivity contribution in [1.29, 1.82) is 0 Å². The number of aromatic nitrogens is 1. The van der Waals surface area contributed by atoms with E-state index >= 15 is 0 Å². The molecule has 2 heterocycles. The van der Waals surface area contributed by atoms with Crippen LogP contribution < -0.4 is 14.8 Å². The van der Waals surface area contributed by atoms with Gasteiger partial charge < -0.3 is 14.8 Å². The highest BCUT2D eigenvalue weighted by atomic mass is 16.5. The SMILES string of the molecule is COc1ccc(CCNC(=O)c2ccc3c(c2)OCc2cnccc2-3)cc1. The number of hydrogen-bond acceptors (Lipinski definition) is 4. The van der Waals surface area contributed by atoms with E-state index in [9.17, 15) is 4.79 Å². The minimum absolute atomic E-state index is 0.101. The molecule has 5 heteroatoms. The molecule has 27 heavy (non-hydrogen) atoms. The van der Waals surface area contributed by atoms with Crippen LogP contribution in [0.1, 0.15) is 21.5 Å². The highest BCUT2D eigenvalue weighted by Crippen LogP contribution is 2.37. The quantitative estimate of drug-likeness (QED) is 0.755. The van der Waals surface area contributed by atoms with Gasteiger partial charge in [-0.05, 0) is 53.9 Å². The van der Waals surface area contributed by atoms with Crippen LogP contribution in [-0.4, -0.2) is 24.5 Å². The summed E-state index contributed by atoms with van der Waals surface area (Å²) in [5.41, 5.74) is 4.91. The van der Waals surface area contributed by atoms with Gasteiger partial charge in [0.25, 0.3) is 5.91 Å². The Labute approximate surface area is 158 Å². The van der Waals surface area contributed by atoms with Crippen LogP contribution in [0.4, 0.5) is 0 Å². The molecule has 136 valence electrons. The molecule has 0 saturated heterocycles. The van der Waals surface area contributed by atoms with E-state index in [0.717, 1.165) is 40.2 Å². The molecule has 1 aromatic heterocycles. The summed E-state index contributed by atoms with van der Waals surface area (Å²) in [7, 11) is 1.65. The molecule has 0 atom stereocenters. The van der Waals surface area contributed by atoms with Crippen molar-refractivity contribution in [2.75, 3.05) is 13.7 Å². The van der Waals surface area contributed by atoms with Crippen molar-refractivity contribution in [3.8, 4) is 22.6 Å². The largest absolute Gasteiger partial charge is 0.497 e. The fourth-order valence-electron chi connectivity index (χ4n) is 3.18. The summed E-state index contributed by atoms with van der Waals surface area (Å²) < 4.78 is 11.0. The van der Waals surface area contributed by atoms with Crippen LogP contribution in [0.25, 0.3) is 11.1 Å². The number of hydrogen-bond donors (Lipinski definition) is 1. The fourth-order valence-corrected chi connectivity index (χ4v) is 3.18. The van der Waals surface area contributed by atoms with Gasteiger partial charge in [-0.2, -0.15) is 0 Å². The molecule has 5 nitrogen and oxygen atoms in total. The van der Waals surface area contributed by atoms with Crippen molar-refractivity contribution in [2.24, 2.45) is 0 Å². The molecule has 0 saturated carbocycles. The van der Waals surface area contributed by atoms with Crippen molar-refractivity contribution in [3.05, 3.63) is 77.6 Å². The van der Waals surface area contributed by atoms with E-state index in [1.165, 1.54) is 0 Å². The lowest BCUT2D eigenvalue weighted by Gasteiger charge is -2.20. The number of carbonyl (C=O) groups excluding carboxylic acids is 1. The van der Waals surface area contributed by atoms with Gasteiger partial charge >= 0.3 is 0 Å². The first kappa shape index (κ1) is 17.1. The number of nitrogens with one attached hydrogen (secondary N) is 1. The summed E-state index contributed by atoms with van der Waals surface area (Å²) in [6.45, 7) is 1.04. The van der Waals surface area contributed by atoms with Gasteiger partial charge in [-0.1, -0.05) is 12.1 Å². The molecule has 1 aliphatic heterocycles. The normalized spacial score (nSPS) is 11.7. The fraction of sp³-hybridized carbons (Fsp3) is 0.182. The molecule has 0 fully saturated rings. The first-order valence-electron chi connectivity index (χ1n) is 8.86. The van der Waals surface area contributed by atoms with E-state index in [2.05, 4.69) is 10.3 Å². The molecular weight excluding hydrogens is 340 g/mol. The van der Waals surface area contributed by atoms with Crippen LogP contribution in [0.3, 0.4) is 0 Å². The van der Waals surface area contributed by atoms with E-state index in [0.29, 0.717) is 18.7 Å². The maximum absolute atomic E-state index is 12.5. The zero-order valence-corrected chi connectivity index (χ0v) is 15.1. The Balaban J connectivity index is 1.41. The number of nitrogens with zero attached hydrogens (tertiary/aromatic N) is 1. The van der Waals surface area contributed by atoms with Crippen molar-refractivity contribution >= 4 is 5.91 Å². The summed E-state index contributed by atoms with van der Waals surface area (Å²) >= 11 is 0. The Kier molecular flexibility index (Phi) is 4.75. The number of pyridine rings is 1. The van der Waals surface area contributed by atoms with Gasteiger partial charge in [-0.15, -0.1) is 0 Å². The number of carbonyl (C=O) groups is 1. The second-order valence-electron chi connectivity index (χ2n) is 6.39. The van der Waals surface area contributed by atoms with Crippen LogP contribution in [0, 0.1) is 0 Å². The zero-order chi connectivity index (χ0) is 18.6. The summed E-state index contributed by atoms with van der Waals surface area (Å²) in [5, 5.41) is 2.97. The van der Waals surface area contributed by atoms with Gasteiger partial charge in [0.1, 0.15) is 18.1 Å². The summed E-state index contributed by atoms with van der Waals surface area (Å²) in [6.07, 6.45) is 4.35. The van der Waals surface area contributed by atoms with Gasteiger partial charge in [0.15, 0.2) is 0 Å². The van der Waals surface area contributed by atoms with Gasteiger partial charge in [0.05, 0.1) is 7.11 Å². The summed E-state index contributed by atoms with van der Waals surface area (Å²) in [4.78, 5) is 16.6.